The molecule has 40 nitrogen and oxygen atoms in total. The summed E-state index contributed by atoms with van der Waals surface area (Å²) in [4.78, 5) is 275. The molecule has 15 amide bonds. The van der Waals surface area contributed by atoms with Crippen LogP contribution in [0.2, 0.25) is 0 Å². The number of amides is 15. The molecule has 732 valence electrons. The van der Waals surface area contributed by atoms with Crippen molar-refractivity contribution in [2.24, 2.45) is 29.2 Å². The van der Waals surface area contributed by atoms with Crippen molar-refractivity contribution in [1.29, 1.82) is 0 Å². The van der Waals surface area contributed by atoms with Crippen LogP contribution in [0.1, 0.15) is 146 Å². The van der Waals surface area contributed by atoms with Crippen molar-refractivity contribution in [3.63, 3.8) is 0 Å². The first-order chi connectivity index (χ1) is 64.9. The van der Waals surface area contributed by atoms with Gasteiger partial charge < -0.3 is 109 Å². The summed E-state index contributed by atoms with van der Waals surface area (Å²) >= 11 is 0.783. The number of aromatic nitrogens is 5. The molecule has 0 saturated carbocycles. The summed E-state index contributed by atoms with van der Waals surface area (Å²) in [5, 5.41) is 55.8. The fraction of sp³-hybridized carbons (Fsp3) is 0.505. The normalized spacial score (nSPS) is 24.8. The number of nitrogens with zero attached hydrogens (tertiary/aromatic N) is 7. The summed E-state index contributed by atoms with van der Waals surface area (Å²) in [7, 11) is 4.01. The zero-order chi connectivity index (χ0) is 98.7. The highest BCUT2D eigenvalue weighted by atomic mass is 32.2. The predicted octanol–water partition coefficient (Wildman–Crippen LogP) is 0.627. The molecule has 0 bridgehead atoms. The number of fused-ring (bicyclic) bond motifs is 4. The van der Waals surface area contributed by atoms with Crippen molar-refractivity contribution in [3.8, 4) is 5.75 Å². The number of ketones is 2. The maximum Gasteiger partial charge on any atom is 0.246 e. The van der Waals surface area contributed by atoms with E-state index in [1.54, 1.807) is 74.8 Å². The van der Waals surface area contributed by atoms with E-state index in [0.717, 1.165) is 26.5 Å². The predicted molar refractivity (Wildman–Crippen MR) is 501 cm³/mol. The zero-order valence-corrected chi connectivity index (χ0v) is 78.5. The third-order valence-corrected chi connectivity index (χ3v) is 26.1. The topological polar surface area (TPSA) is 589 Å². The molecule has 0 radical (unpaired) electrons. The number of hydrogen-bond donors (Lipinski definition) is 16. The SMILES string of the molecule is CCCC[C@H]1C(=O)N(C)[C@@H](CCCC)C(=O)N[C@@H](Cc2cccnc2)C(=O)N[C@H](C(=O)NCC(N)=O)CSCC(=O)N[C@@H](Cc2ccc(O)cc2)C(=O)N(C)[C@@H](C)C(=O)N[C@@H](CC(N)=O)C(=O)N2CCC[C@H]2C(=O)N[C@@H](Cc2cnc[nH]2)C(=O)N[C@@H](CC(C)C)C(=O)N2C[C@H](O)C[C@H]2C(=O)C[C@@H](Cc2c[nH]c3ccccc23)C(=O)N[C@@H](CO)C(=O)C[C@@H](Cc2c[nH]c3ccccc23)C(=O)N1C. The number of aliphatic hydroxyl groups excluding tert-OH is 2. The Kier molecular flexibility index (Phi) is 38.2. The molecule has 15 atom stereocenters. The maximum atomic E-state index is 15.9. The van der Waals surface area contributed by atoms with Crippen LogP contribution < -0.4 is 54.0 Å². The summed E-state index contributed by atoms with van der Waals surface area (Å²) in [6.45, 7) is 6.30. The third kappa shape index (κ3) is 28.3. The summed E-state index contributed by atoms with van der Waals surface area (Å²) in [5.74, 6) is -19.1. The van der Waals surface area contributed by atoms with Gasteiger partial charge >= 0.3 is 0 Å². The maximum absolute atomic E-state index is 15.9. The van der Waals surface area contributed by atoms with Crippen LogP contribution in [-0.2, 0) is 114 Å². The smallest absolute Gasteiger partial charge is 0.246 e. The van der Waals surface area contributed by atoms with Crippen molar-refractivity contribution < 1.29 is 96.8 Å². The molecule has 3 aliphatic rings. The minimum atomic E-state index is -1.77. The minimum absolute atomic E-state index is 0.00656. The second-order valence-electron chi connectivity index (χ2n) is 35.7. The standard InChI is InChI=1S/C95H126N20O20S/c1-9-11-24-75-89(129)105-68(35-56-19-17-31-98-43-56)87(127)110-74(86(126)102-47-82(97)122)50-136-51-83(123)104-71(34-55-27-29-62(117)30-28-55)92(132)111(6)54(5)84(124)107-72(42-81(96)121)93(133)114-32-18-26-76(114)90(130)106-69(40-61-46-99-52-103-61)88(128)108-70(33-53(3)4)94(134)115-48-63(118)41-78(115)80(120)38-57(36-59-44-100-66-22-15-13-20-64(59)66)85(125)109-73(49-116)79(119)39-58(37-60-45-101-67-23-16-14-21-65(60)67)91(131)113(8)77(25-12-10-2)95(135)112(75)7/h13-17,19-23,27-31,43-46,52-54,57-58,63,68-78,100-101,116-118H,9-12,18,24-26,32-42,47-51H2,1-8H3,(H2,96,121)(H2,97,122)(H,99,103)(H,102,126)(H,104,123)(H,105,129)(H,106,130)(H,107,124)(H,108,128)(H,109,125)(H,110,127)/t54-,57+,58+,63+,68-,69-,70-,71-,72-,73-,74-,75-,76-,77-,78-/m0/s1. The molecule has 18 N–H and O–H groups in total. The van der Waals surface area contributed by atoms with Gasteiger partial charge in [-0.15, -0.1) is 11.8 Å². The van der Waals surface area contributed by atoms with Gasteiger partial charge in [0.05, 0.1) is 43.8 Å². The van der Waals surface area contributed by atoms with E-state index in [4.69, 9.17) is 11.5 Å². The number of Topliss-reactive ketones (excluding diaryl/α,β-unsaturated/α-hetero) is 2. The molecule has 7 heterocycles. The highest BCUT2D eigenvalue weighted by Crippen LogP contribution is 2.32. The minimum Gasteiger partial charge on any atom is -0.508 e. The Hall–Kier alpha value is -13.4. The average Bonchev–Trinajstić information content (AvgIpc) is 1.65. The quantitative estimate of drug-likeness (QED) is 0.0394. The molecule has 3 saturated heterocycles. The fourth-order valence-electron chi connectivity index (χ4n) is 17.5. The van der Waals surface area contributed by atoms with E-state index in [0.29, 0.717) is 75.4 Å². The number of carbonyl (C=O) groups is 17. The van der Waals surface area contributed by atoms with Crippen molar-refractivity contribution >= 4 is 134 Å². The van der Waals surface area contributed by atoms with Gasteiger partial charge in [0.15, 0.2) is 11.6 Å². The van der Waals surface area contributed by atoms with E-state index in [2.05, 4.69) is 67.5 Å². The molecule has 3 fully saturated rings. The number of aromatic amines is 3. The van der Waals surface area contributed by atoms with Crippen molar-refractivity contribution in [3.05, 3.63) is 150 Å². The Morgan fingerprint density at radius 2 is 1.14 bits per heavy atom. The summed E-state index contributed by atoms with van der Waals surface area (Å²) < 4.78 is 0. The zero-order valence-electron chi connectivity index (χ0n) is 77.7. The third-order valence-electron chi connectivity index (χ3n) is 25.1. The molecule has 3 aliphatic heterocycles. The number of primary amides is 2. The Balaban J connectivity index is 1.02. The van der Waals surface area contributed by atoms with E-state index >= 15 is 43.2 Å². The lowest BCUT2D eigenvalue weighted by molar-refractivity contribution is -0.150. The van der Waals surface area contributed by atoms with Crippen LogP contribution in [0, 0.1) is 17.8 Å². The molecule has 0 aliphatic carbocycles. The van der Waals surface area contributed by atoms with Crippen LogP contribution >= 0.6 is 11.8 Å². The van der Waals surface area contributed by atoms with E-state index in [1.807, 2.05) is 26.0 Å². The first-order valence-corrected chi connectivity index (χ1v) is 47.1. The first-order valence-electron chi connectivity index (χ1n) is 46.0. The number of unbranched alkanes of at least 4 members (excludes halogenated alkanes) is 2. The van der Waals surface area contributed by atoms with E-state index in [9.17, 15) is 53.7 Å². The van der Waals surface area contributed by atoms with Gasteiger partial charge in [-0.2, -0.15) is 0 Å². The van der Waals surface area contributed by atoms with Crippen molar-refractivity contribution in [2.45, 2.75) is 229 Å². The molecule has 41 heteroatoms. The van der Waals surface area contributed by atoms with Crippen molar-refractivity contribution in [1.82, 2.24) is 92.0 Å². The lowest BCUT2D eigenvalue weighted by atomic mass is 9.88. The molecule has 7 aromatic rings. The fourth-order valence-corrected chi connectivity index (χ4v) is 18.4. The number of hydrogen-bond acceptors (Lipinski definition) is 23. The highest BCUT2D eigenvalue weighted by Gasteiger charge is 2.47. The number of imidazole rings is 1. The Labute approximate surface area is 791 Å². The van der Waals surface area contributed by atoms with E-state index < -0.39 is 241 Å². The number of phenolic OH excluding ortho intramolecular Hbond substituents is 1. The molecule has 0 spiro atoms. The molecular weight excluding hydrogens is 1770 g/mol. The van der Waals surface area contributed by atoms with Gasteiger partial charge in [-0.25, -0.2) is 4.98 Å². The molecule has 10 rings (SSSR count). The Morgan fingerprint density at radius 1 is 0.551 bits per heavy atom. The molecule has 3 aromatic carbocycles. The molecular formula is C95H126N20O20S. The number of H-pyrrole nitrogens is 3. The summed E-state index contributed by atoms with van der Waals surface area (Å²) in [6.07, 6.45) is 6.01. The van der Waals surface area contributed by atoms with Crippen LogP contribution in [0.25, 0.3) is 21.8 Å². The van der Waals surface area contributed by atoms with Gasteiger partial charge in [0.2, 0.25) is 88.6 Å². The Bertz CT molecular complexity index is 5400. The molecule has 0 unspecified atom stereocenters. The second-order valence-corrected chi connectivity index (χ2v) is 36.7. The van der Waals surface area contributed by atoms with Crippen LogP contribution in [0.5, 0.6) is 5.75 Å². The largest absolute Gasteiger partial charge is 0.508 e. The number of thioether (sulfide) groups is 1. The van der Waals surface area contributed by atoms with Crippen LogP contribution in [0.15, 0.2) is 122 Å². The van der Waals surface area contributed by atoms with Gasteiger partial charge in [-0.1, -0.05) is 108 Å². The van der Waals surface area contributed by atoms with Crippen LogP contribution in [0.3, 0.4) is 0 Å². The number of likely N-dealkylation sites (N-methyl/N-ethyl adjacent to an activating group) is 3. The lowest BCUT2D eigenvalue weighted by Crippen LogP contribution is -2.60. The first kappa shape index (κ1) is 105. The second kappa shape index (κ2) is 49.7. The van der Waals surface area contributed by atoms with Gasteiger partial charge in [0, 0.05) is 149 Å². The Morgan fingerprint density at radius 3 is 1.76 bits per heavy atom. The van der Waals surface area contributed by atoms with Gasteiger partial charge in [-0.05, 0) is 110 Å². The van der Waals surface area contributed by atoms with E-state index in [-0.39, 0.29) is 88.8 Å². The number of nitrogens with two attached hydrogens (primary N) is 2. The number of aromatic hydroxyl groups is 1. The number of pyridine rings is 1. The summed E-state index contributed by atoms with van der Waals surface area (Å²) in [6, 6.07) is 5.01. The van der Waals surface area contributed by atoms with Gasteiger partial charge in [0.1, 0.15) is 72.2 Å². The number of benzene rings is 3. The number of para-hydroxylation sites is 2. The van der Waals surface area contributed by atoms with Crippen molar-refractivity contribution in [2.75, 3.05) is 58.9 Å². The number of nitrogens with one attached hydrogen (secondary N) is 11. The number of aliphatic hydroxyl groups is 2. The highest BCUT2D eigenvalue weighted by molar-refractivity contribution is 8.00. The molecule has 136 heavy (non-hydrogen) atoms. The summed E-state index contributed by atoms with van der Waals surface area (Å²) in [5.41, 5.74) is 14.9. The molecule has 4 aromatic heterocycles. The average molecular weight is 1900 g/mol. The van der Waals surface area contributed by atoms with Crippen LogP contribution in [0.4, 0.5) is 0 Å². The van der Waals surface area contributed by atoms with E-state index in [1.165, 1.54) is 87.0 Å². The number of carbonyl (C=O) groups excluding carboxylic acids is 17. The monoisotopic (exact) mass is 1900 g/mol. The van der Waals surface area contributed by atoms with Gasteiger partial charge in [-0.3, -0.25) is 86.5 Å². The number of phenols is 1. The van der Waals surface area contributed by atoms with Gasteiger partial charge in [0.25, 0.3) is 0 Å². The number of rotatable bonds is 24. The van der Waals surface area contributed by atoms with Crippen LogP contribution in [-0.4, -0.2) is 302 Å². The lowest BCUT2D eigenvalue weighted by Gasteiger charge is -2.36.